The maximum absolute atomic E-state index is 12.6. The Balaban J connectivity index is 0.000000170. The molecule has 0 saturated heterocycles. The van der Waals surface area contributed by atoms with E-state index < -0.39 is 18.0 Å². The minimum Gasteiger partial charge on any atom is -0.390 e. The summed E-state index contributed by atoms with van der Waals surface area (Å²) >= 11 is 2.68. The summed E-state index contributed by atoms with van der Waals surface area (Å²) in [5.41, 5.74) is 19.7. The fourth-order valence-electron chi connectivity index (χ4n) is 5.22. The van der Waals surface area contributed by atoms with Crippen LogP contribution in [0.15, 0.2) is 0 Å². The second-order valence-electron chi connectivity index (χ2n) is 9.98. The Morgan fingerprint density at radius 2 is 1.53 bits per heavy atom. The fourth-order valence-corrected chi connectivity index (χ4v) is 7.65. The molecule has 1 fully saturated rings. The van der Waals surface area contributed by atoms with Gasteiger partial charge in [0.15, 0.2) is 0 Å². The topological polar surface area (TPSA) is 124 Å². The van der Waals surface area contributed by atoms with Crippen molar-refractivity contribution in [2.24, 2.45) is 17.6 Å². The van der Waals surface area contributed by atoms with Gasteiger partial charge in [0.2, 0.25) is 0 Å². The number of halogens is 3. The predicted octanol–water partition coefficient (Wildman–Crippen LogP) is 5.22. The third-order valence-electron chi connectivity index (χ3n) is 7.23. The van der Waals surface area contributed by atoms with E-state index in [9.17, 15) is 22.8 Å². The van der Waals surface area contributed by atoms with Crippen molar-refractivity contribution in [2.45, 2.75) is 83.4 Å². The summed E-state index contributed by atoms with van der Waals surface area (Å²) in [6.45, 7) is 2.24. The third-order valence-corrected chi connectivity index (χ3v) is 9.40. The normalized spacial score (nSPS) is 21.1. The van der Waals surface area contributed by atoms with Crippen molar-refractivity contribution in [1.82, 2.24) is 5.32 Å². The molecule has 6 nitrogen and oxygen atoms in total. The Labute approximate surface area is 216 Å². The van der Waals surface area contributed by atoms with Crippen LogP contribution in [0.4, 0.5) is 23.2 Å². The number of nitrogens with two attached hydrogens (primary N) is 3. The molecule has 5 rings (SSSR count). The van der Waals surface area contributed by atoms with Crippen molar-refractivity contribution in [3.8, 4) is 0 Å². The van der Waals surface area contributed by atoms with E-state index in [1.807, 2.05) is 0 Å². The number of nitrogen functional groups attached to an aromatic ring is 2. The van der Waals surface area contributed by atoms with Crippen LogP contribution in [0.25, 0.3) is 0 Å². The molecule has 2 unspecified atom stereocenters. The number of hydrogen-bond acceptors (Lipinski definition) is 6. The van der Waals surface area contributed by atoms with Crippen LogP contribution in [0.1, 0.15) is 87.0 Å². The molecule has 2 atom stereocenters. The lowest BCUT2D eigenvalue weighted by molar-refractivity contribution is -0.176. The van der Waals surface area contributed by atoms with Gasteiger partial charge in [-0.1, -0.05) is 19.8 Å². The Kier molecular flexibility index (Phi) is 7.89. The Morgan fingerprint density at radius 3 is 2.11 bits per heavy atom. The molecule has 0 spiro atoms. The van der Waals surface area contributed by atoms with Crippen LogP contribution in [0.5, 0.6) is 0 Å². The van der Waals surface area contributed by atoms with Gasteiger partial charge in [-0.25, -0.2) is 0 Å². The quantitative estimate of drug-likeness (QED) is 0.413. The molecule has 0 aromatic carbocycles. The van der Waals surface area contributed by atoms with Crippen molar-refractivity contribution in [3.63, 3.8) is 0 Å². The Morgan fingerprint density at radius 1 is 0.944 bits per heavy atom. The largest absolute Gasteiger partial charge is 0.392 e. The number of anilines is 2. The van der Waals surface area contributed by atoms with E-state index in [2.05, 4.69) is 12.2 Å². The molecule has 2 amide bonds. The molecule has 0 bridgehead atoms. The minimum atomic E-state index is -4.19. The molecule has 1 saturated carbocycles. The zero-order valence-corrected chi connectivity index (χ0v) is 21.9. The van der Waals surface area contributed by atoms with E-state index in [0.717, 1.165) is 53.5 Å². The van der Waals surface area contributed by atoms with Crippen LogP contribution in [0.3, 0.4) is 0 Å². The molecule has 0 aliphatic heterocycles. The van der Waals surface area contributed by atoms with Gasteiger partial charge in [-0.3, -0.25) is 9.59 Å². The monoisotopic (exact) mass is 542 g/mol. The highest BCUT2D eigenvalue weighted by molar-refractivity contribution is 7.16. The zero-order valence-electron chi connectivity index (χ0n) is 20.3. The van der Waals surface area contributed by atoms with Crippen molar-refractivity contribution in [2.75, 3.05) is 11.5 Å². The van der Waals surface area contributed by atoms with E-state index in [0.29, 0.717) is 16.5 Å². The zero-order chi connectivity index (χ0) is 26.2. The number of alkyl halides is 3. The van der Waals surface area contributed by atoms with Gasteiger partial charge in [-0.2, -0.15) is 13.2 Å². The van der Waals surface area contributed by atoms with Crippen LogP contribution >= 0.6 is 22.7 Å². The van der Waals surface area contributed by atoms with Crippen molar-refractivity contribution < 1.29 is 22.8 Å². The SMILES string of the molecule is CCCC1CCc2c(sc(N)c2C(=O)NC2CC2)C1.NC(=O)c1c(N)sc2c1CCC(C(F)(F)F)C2. The average Bonchev–Trinajstić information content (AvgIpc) is 3.44. The second kappa shape index (κ2) is 10.6. The first-order valence-electron chi connectivity index (χ1n) is 12.5. The third kappa shape index (κ3) is 5.82. The highest BCUT2D eigenvalue weighted by atomic mass is 32.1. The summed E-state index contributed by atoms with van der Waals surface area (Å²) in [6, 6.07) is 0.402. The summed E-state index contributed by atoms with van der Waals surface area (Å²) in [6.07, 6.45) is 4.06. The van der Waals surface area contributed by atoms with Crippen LogP contribution in [-0.4, -0.2) is 24.0 Å². The second-order valence-corrected chi connectivity index (χ2v) is 12.3. The molecule has 2 aromatic rings. The van der Waals surface area contributed by atoms with Gasteiger partial charge in [-0.15, -0.1) is 22.7 Å². The lowest BCUT2D eigenvalue weighted by atomic mass is 9.84. The molecule has 0 radical (unpaired) electrons. The predicted molar refractivity (Wildman–Crippen MR) is 138 cm³/mol. The minimum absolute atomic E-state index is 0.00699. The molecule has 198 valence electrons. The summed E-state index contributed by atoms with van der Waals surface area (Å²) < 4.78 is 37.7. The standard InChI is InChI=1S/C15H22N2OS.C10H11F3N2OS/c1-2-3-9-4-7-11-12(8-9)19-14(16)13(11)15(18)17-10-5-6-10;11-10(12,13)4-1-2-5-6(3-4)17-9(15)7(5)8(14)16/h9-10H,2-8,16H2,1H3,(H,17,18);4H,1-3,15H2,(H2,14,16). The lowest BCUT2D eigenvalue weighted by Gasteiger charge is -2.24. The van der Waals surface area contributed by atoms with Gasteiger partial charge in [0, 0.05) is 15.8 Å². The molecule has 2 heterocycles. The highest BCUT2D eigenvalue weighted by Gasteiger charge is 2.42. The van der Waals surface area contributed by atoms with Gasteiger partial charge in [0.1, 0.15) is 0 Å². The van der Waals surface area contributed by atoms with Gasteiger partial charge >= 0.3 is 6.18 Å². The van der Waals surface area contributed by atoms with Crippen LogP contribution in [-0.2, 0) is 25.7 Å². The van der Waals surface area contributed by atoms with Crippen LogP contribution in [0.2, 0.25) is 0 Å². The molecular formula is C25H33F3N4O2S2. The number of thiophene rings is 2. The van der Waals surface area contributed by atoms with Gasteiger partial charge in [-0.05, 0) is 68.4 Å². The summed E-state index contributed by atoms with van der Waals surface area (Å²) in [5.74, 6) is -1.15. The van der Waals surface area contributed by atoms with Gasteiger partial charge in [0.25, 0.3) is 11.8 Å². The van der Waals surface area contributed by atoms with Crippen LogP contribution < -0.4 is 22.5 Å². The smallest absolute Gasteiger partial charge is 0.390 e. The van der Waals surface area contributed by atoms with Crippen molar-refractivity contribution >= 4 is 44.5 Å². The first kappa shape index (κ1) is 26.8. The van der Waals surface area contributed by atoms with Crippen molar-refractivity contribution in [3.05, 3.63) is 32.0 Å². The molecule has 3 aliphatic rings. The average molecular weight is 543 g/mol. The first-order chi connectivity index (χ1) is 17.0. The van der Waals surface area contributed by atoms with E-state index in [4.69, 9.17) is 17.2 Å². The number of nitrogens with one attached hydrogen (secondary N) is 1. The Hall–Kier alpha value is -2.27. The molecule has 36 heavy (non-hydrogen) atoms. The maximum atomic E-state index is 12.6. The molecular weight excluding hydrogens is 509 g/mol. The number of rotatable bonds is 5. The summed E-state index contributed by atoms with van der Waals surface area (Å²) in [5, 5.41) is 4.02. The van der Waals surface area contributed by atoms with E-state index in [1.54, 1.807) is 11.3 Å². The van der Waals surface area contributed by atoms with E-state index in [1.165, 1.54) is 29.7 Å². The molecule has 7 N–H and O–H groups in total. The number of amides is 2. The number of carbonyl (C=O) groups is 2. The van der Waals surface area contributed by atoms with E-state index in [-0.39, 0.29) is 35.7 Å². The first-order valence-corrected chi connectivity index (χ1v) is 14.1. The van der Waals surface area contributed by atoms with Crippen molar-refractivity contribution in [1.29, 1.82) is 0 Å². The Bertz CT molecular complexity index is 1140. The van der Waals surface area contributed by atoms with Gasteiger partial charge in [0.05, 0.1) is 27.0 Å². The lowest BCUT2D eigenvalue weighted by Crippen LogP contribution is -2.28. The maximum Gasteiger partial charge on any atom is 0.392 e. The molecule has 11 heteroatoms. The van der Waals surface area contributed by atoms with Gasteiger partial charge < -0.3 is 22.5 Å². The van der Waals surface area contributed by atoms with E-state index >= 15 is 0 Å². The highest BCUT2D eigenvalue weighted by Crippen LogP contribution is 2.43. The fraction of sp³-hybridized carbons (Fsp3) is 0.600. The summed E-state index contributed by atoms with van der Waals surface area (Å²) in [4.78, 5) is 25.3. The molecule has 2 aromatic heterocycles. The number of hydrogen-bond donors (Lipinski definition) is 4. The number of primary amides is 1. The van der Waals surface area contributed by atoms with Crippen LogP contribution in [0, 0.1) is 11.8 Å². The number of carbonyl (C=O) groups excluding carboxylic acids is 2. The summed E-state index contributed by atoms with van der Waals surface area (Å²) in [7, 11) is 0. The molecule has 3 aliphatic carbocycles. The number of fused-ring (bicyclic) bond motifs is 2.